The van der Waals surface area contributed by atoms with Gasteiger partial charge in [-0.25, -0.2) is 9.59 Å². The standard InChI is InChI=1S/C13H12N2O5/c1-7(12(17)18)20-9-4-2-8(3-5-9)6-10-11(16)15-13(19)14-10/h2-7H,1H3,(H,17,18)(H2,14,15,16,19)/b10-6-/t7-/m0/s1. The molecule has 7 nitrogen and oxygen atoms in total. The second kappa shape index (κ2) is 5.43. The maximum absolute atomic E-state index is 11.3. The molecular weight excluding hydrogens is 264 g/mol. The maximum atomic E-state index is 11.3. The Bertz CT molecular complexity index is 591. The van der Waals surface area contributed by atoms with Gasteiger partial charge < -0.3 is 15.2 Å². The van der Waals surface area contributed by atoms with Crippen molar-refractivity contribution in [3.8, 4) is 5.75 Å². The van der Waals surface area contributed by atoms with Crippen LogP contribution in [-0.4, -0.2) is 29.1 Å². The van der Waals surface area contributed by atoms with Gasteiger partial charge in [-0.2, -0.15) is 0 Å². The Kier molecular flexibility index (Phi) is 3.69. The first-order chi connectivity index (χ1) is 9.45. The SMILES string of the molecule is C[C@H](Oc1ccc(/C=C2\NC(=O)NC2=O)cc1)C(=O)O. The summed E-state index contributed by atoms with van der Waals surface area (Å²) in [5.41, 5.74) is 0.829. The third-order valence-corrected chi connectivity index (χ3v) is 2.57. The Morgan fingerprint density at radius 2 is 1.90 bits per heavy atom. The number of imide groups is 1. The molecule has 1 aromatic carbocycles. The van der Waals surface area contributed by atoms with Crippen LogP contribution in [0.3, 0.4) is 0 Å². The average molecular weight is 276 g/mol. The van der Waals surface area contributed by atoms with Crippen molar-refractivity contribution >= 4 is 24.0 Å². The lowest BCUT2D eigenvalue weighted by atomic mass is 10.2. The molecule has 104 valence electrons. The van der Waals surface area contributed by atoms with Crippen LogP contribution in [0.5, 0.6) is 5.75 Å². The second-order valence-electron chi connectivity index (χ2n) is 4.13. The smallest absolute Gasteiger partial charge is 0.344 e. The van der Waals surface area contributed by atoms with E-state index in [1.807, 2.05) is 0 Å². The first-order valence-corrected chi connectivity index (χ1v) is 5.79. The first-order valence-electron chi connectivity index (χ1n) is 5.79. The minimum absolute atomic E-state index is 0.155. The average Bonchev–Trinajstić information content (AvgIpc) is 2.70. The predicted molar refractivity (Wildman–Crippen MR) is 68.8 cm³/mol. The molecule has 0 bridgehead atoms. The molecule has 2 rings (SSSR count). The zero-order valence-corrected chi connectivity index (χ0v) is 10.5. The van der Waals surface area contributed by atoms with Gasteiger partial charge in [0, 0.05) is 0 Å². The summed E-state index contributed by atoms with van der Waals surface area (Å²) in [6.07, 6.45) is 0.559. The molecule has 20 heavy (non-hydrogen) atoms. The van der Waals surface area contributed by atoms with Crippen LogP contribution in [0.15, 0.2) is 30.0 Å². The molecule has 3 amide bonds. The van der Waals surface area contributed by atoms with E-state index in [2.05, 4.69) is 10.6 Å². The Morgan fingerprint density at radius 3 is 2.40 bits per heavy atom. The highest BCUT2D eigenvalue weighted by Gasteiger charge is 2.22. The number of carbonyl (C=O) groups is 3. The van der Waals surface area contributed by atoms with Crippen molar-refractivity contribution in [3.63, 3.8) is 0 Å². The Hall–Kier alpha value is -2.83. The summed E-state index contributed by atoms with van der Waals surface area (Å²) in [5.74, 6) is -1.14. The van der Waals surface area contributed by atoms with Gasteiger partial charge in [-0.3, -0.25) is 10.1 Å². The number of amides is 3. The molecule has 1 aromatic rings. The predicted octanol–water partition coefficient (Wildman–Crippen LogP) is 0.719. The summed E-state index contributed by atoms with van der Waals surface area (Å²) < 4.78 is 5.17. The van der Waals surface area contributed by atoms with Gasteiger partial charge in [0.25, 0.3) is 5.91 Å². The van der Waals surface area contributed by atoms with Crippen molar-refractivity contribution in [1.29, 1.82) is 0 Å². The quantitative estimate of drug-likeness (QED) is 0.555. The number of hydrogen-bond donors (Lipinski definition) is 3. The molecule has 0 radical (unpaired) electrons. The van der Waals surface area contributed by atoms with E-state index in [0.717, 1.165) is 0 Å². The number of aliphatic carboxylic acids is 1. The van der Waals surface area contributed by atoms with Gasteiger partial charge in [0.1, 0.15) is 11.4 Å². The maximum Gasteiger partial charge on any atom is 0.344 e. The highest BCUT2D eigenvalue weighted by molar-refractivity contribution is 6.13. The zero-order chi connectivity index (χ0) is 14.7. The fourth-order valence-electron chi connectivity index (χ4n) is 1.55. The fraction of sp³-hybridized carbons (Fsp3) is 0.154. The molecule has 1 atom stereocenters. The van der Waals surface area contributed by atoms with Crippen molar-refractivity contribution in [3.05, 3.63) is 35.5 Å². The highest BCUT2D eigenvalue weighted by Crippen LogP contribution is 2.16. The molecule has 0 aliphatic carbocycles. The molecule has 0 saturated carbocycles. The van der Waals surface area contributed by atoms with Crippen molar-refractivity contribution in [1.82, 2.24) is 10.6 Å². The lowest BCUT2D eigenvalue weighted by molar-refractivity contribution is -0.144. The zero-order valence-electron chi connectivity index (χ0n) is 10.5. The van der Waals surface area contributed by atoms with Gasteiger partial charge in [0.15, 0.2) is 6.10 Å². The fourth-order valence-corrected chi connectivity index (χ4v) is 1.55. The molecule has 0 spiro atoms. The van der Waals surface area contributed by atoms with Crippen LogP contribution in [-0.2, 0) is 9.59 Å². The van der Waals surface area contributed by atoms with Crippen LogP contribution in [0.25, 0.3) is 6.08 Å². The summed E-state index contributed by atoms with van der Waals surface area (Å²) >= 11 is 0. The number of carboxylic acids is 1. The largest absolute Gasteiger partial charge is 0.479 e. The number of urea groups is 1. The number of ether oxygens (including phenoxy) is 1. The number of rotatable bonds is 4. The lowest BCUT2D eigenvalue weighted by Gasteiger charge is -2.10. The molecule has 1 fully saturated rings. The number of carboxylic acid groups (broad SMARTS) is 1. The molecule has 0 unspecified atom stereocenters. The van der Waals surface area contributed by atoms with Crippen LogP contribution in [0.1, 0.15) is 12.5 Å². The van der Waals surface area contributed by atoms with Crippen molar-refractivity contribution in [2.45, 2.75) is 13.0 Å². The van der Waals surface area contributed by atoms with Crippen molar-refractivity contribution in [2.24, 2.45) is 0 Å². The highest BCUT2D eigenvalue weighted by atomic mass is 16.5. The van der Waals surface area contributed by atoms with E-state index in [1.165, 1.54) is 13.0 Å². The normalized spacial score (nSPS) is 17.6. The van der Waals surface area contributed by atoms with E-state index in [0.29, 0.717) is 11.3 Å². The molecular formula is C13H12N2O5. The summed E-state index contributed by atoms with van der Waals surface area (Å²) in [6, 6.07) is 5.90. The number of hydrogen-bond acceptors (Lipinski definition) is 4. The van der Waals surface area contributed by atoms with Gasteiger partial charge in [-0.15, -0.1) is 0 Å². The van der Waals surface area contributed by atoms with Gasteiger partial charge in [-0.05, 0) is 30.7 Å². The van der Waals surface area contributed by atoms with Crippen LogP contribution in [0, 0.1) is 0 Å². The minimum atomic E-state index is -1.05. The number of benzene rings is 1. The van der Waals surface area contributed by atoms with E-state index in [1.54, 1.807) is 24.3 Å². The molecule has 0 aromatic heterocycles. The van der Waals surface area contributed by atoms with E-state index in [9.17, 15) is 14.4 Å². The van der Waals surface area contributed by atoms with Gasteiger partial charge in [0.2, 0.25) is 0 Å². The third-order valence-electron chi connectivity index (χ3n) is 2.57. The van der Waals surface area contributed by atoms with E-state index < -0.39 is 24.0 Å². The van der Waals surface area contributed by atoms with E-state index in [4.69, 9.17) is 9.84 Å². The molecule has 1 heterocycles. The van der Waals surface area contributed by atoms with Crippen LogP contribution in [0.4, 0.5) is 4.79 Å². The number of nitrogens with one attached hydrogen (secondary N) is 2. The second-order valence-corrected chi connectivity index (χ2v) is 4.13. The van der Waals surface area contributed by atoms with Crippen molar-refractivity contribution in [2.75, 3.05) is 0 Å². The monoisotopic (exact) mass is 276 g/mol. The summed E-state index contributed by atoms with van der Waals surface area (Å²) in [7, 11) is 0. The van der Waals surface area contributed by atoms with E-state index in [-0.39, 0.29) is 5.70 Å². The summed E-state index contributed by atoms with van der Waals surface area (Å²) in [5, 5.41) is 13.2. The lowest BCUT2D eigenvalue weighted by Crippen LogP contribution is -2.22. The topological polar surface area (TPSA) is 105 Å². The summed E-state index contributed by atoms with van der Waals surface area (Å²) in [6.45, 7) is 1.43. The molecule has 1 aliphatic heterocycles. The van der Waals surface area contributed by atoms with Crippen LogP contribution in [0.2, 0.25) is 0 Å². The van der Waals surface area contributed by atoms with Crippen molar-refractivity contribution < 1.29 is 24.2 Å². The first kappa shape index (κ1) is 13.6. The van der Waals surface area contributed by atoms with Gasteiger partial charge >= 0.3 is 12.0 Å². The van der Waals surface area contributed by atoms with E-state index >= 15 is 0 Å². The van der Waals surface area contributed by atoms with Crippen LogP contribution < -0.4 is 15.4 Å². The summed E-state index contributed by atoms with van der Waals surface area (Å²) in [4.78, 5) is 32.9. The minimum Gasteiger partial charge on any atom is -0.479 e. The Morgan fingerprint density at radius 1 is 1.25 bits per heavy atom. The molecule has 7 heteroatoms. The third kappa shape index (κ3) is 3.14. The Balaban J connectivity index is 2.09. The molecule has 1 aliphatic rings. The number of carbonyl (C=O) groups excluding carboxylic acids is 2. The molecule has 3 N–H and O–H groups in total. The van der Waals surface area contributed by atoms with Gasteiger partial charge in [-0.1, -0.05) is 12.1 Å². The Labute approximate surface area is 114 Å². The van der Waals surface area contributed by atoms with Gasteiger partial charge in [0.05, 0.1) is 0 Å². The molecule has 1 saturated heterocycles. The van der Waals surface area contributed by atoms with Crippen LogP contribution >= 0.6 is 0 Å².